The average Bonchev–Trinajstić information content (AvgIpc) is 1.73. The monoisotopic (exact) mass is 294 g/mol. The Morgan fingerprint density at radius 2 is 2.00 bits per heavy atom. The van der Waals surface area contributed by atoms with Crippen LogP contribution in [0.3, 0.4) is 0 Å². The van der Waals surface area contributed by atoms with Crippen molar-refractivity contribution >= 4 is 15.5 Å². The molecule has 0 saturated heterocycles. The molecule has 0 amide bonds. The maximum atomic E-state index is 9.25. The van der Waals surface area contributed by atoms with E-state index in [9.17, 15) is 4.79 Å². The SMILES string of the molecule is C=CC(=O)O.[Cl][Re]. The van der Waals surface area contributed by atoms with E-state index in [1.54, 1.807) is 0 Å². The van der Waals surface area contributed by atoms with Gasteiger partial charge in [-0.15, -0.1) is 0 Å². The molecule has 0 saturated carbocycles. The van der Waals surface area contributed by atoms with Crippen molar-refractivity contribution < 1.29 is 28.1 Å². The molecule has 4 heteroatoms. The second kappa shape index (κ2) is 9.48. The third-order valence-electron chi connectivity index (χ3n) is 0.175. The average molecular weight is 294 g/mol. The standard InChI is InChI=1S/C3H4O2.ClH.Re/c1-2-3(4)5;;/h2H,1H2,(H,4,5);1H;/q;;+1/p-1. The van der Waals surface area contributed by atoms with Crippen LogP contribution in [-0.2, 0) is 23.0 Å². The summed E-state index contributed by atoms with van der Waals surface area (Å²) in [5.41, 5.74) is 0. The van der Waals surface area contributed by atoms with Crippen molar-refractivity contribution in [3.63, 3.8) is 0 Å². The van der Waals surface area contributed by atoms with Crippen LogP contribution in [0.1, 0.15) is 0 Å². The number of carboxylic acids is 1. The van der Waals surface area contributed by atoms with Crippen LogP contribution in [0.15, 0.2) is 12.7 Å². The minimum atomic E-state index is -0.981. The second-order valence-electron chi connectivity index (χ2n) is 0.542. The quantitative estimate of drug-likeness (QED) is 0.731. The Labute approximate surface area is 56.5 Å². The minimum absolute atomic E-state index is 0.833. The van der Waals surface area contributed by atoms with Crippen LogP contribution in [0.25, 0.3) is 0 Å². The van der Waals surface area contributed by atoms with Crippen molar-refractivity contribution in [2.45, 2.75) is 0 Å². The van der Waals surface area contributed by atoms with E-state index in [2.05, 4.69) is 6.58 Å². The molecule has 0 radical (unpaired) electrons. The molecule has 0 heterocycles. The van der Waals surface area contributed by atoms with Crippen molar-refractivity contribution in [1.29, 1.82) is 0 Å². The van der Waals surface area contributed by atoms with Crippen LogP contribution in [-0.4, -0.2) is 11.1 Å². The van der Waals surface area contributed by atoms with Crippen LogP contribution in [0.2, 0.25) is 0 Å². The molecule has 2 nitrogen and oxygen atoms in total. The van der Waals surface area contributed by atoms with E-state index in [-0.39, 0.29) is 0 Å². The predicted molar refractivity (Wildman–Crippen MR) is 23.7 cm³/mol. The number of carbonyl (C=O) groups is 1. The fourth-order valence-electron chi connectivity index (χ4n) is 0. The fraction of sp³-hybridized carbons (Fsp3) is 0. The number of rotatable bonds is 1. The molecule has 0 aliphatic carbocycles. The first-order valence-corrected chi connectivity index (χ1v) is 4.63. The molecule has 1 N–H and O–H groups in total. The number of hydrogen-bond donors (Lipinski definition) is 1. The molecule has 0 aliphatic rings. The zero-order valence-electron chi connectivity index (χ0n) is 3.40. The Bertz CT molecular complexity index is 64.0. The molecule has 0 aromatic carbocycles. The van der Waals surface area contributed by atoms with Crippen LogP contribution < -0.4 is 0 Å². The first kappa shape index (κ1) is 10.2. The zero-order chi connectivity index (χ0) is 6.28. The molecule has 0 aliphatic heterocycles. The molecule has 42 valence electrons. The summed E-state index contributed by atoms with van der Waals surface area (Å²) >= 11 is 1.19. The fourth-order valence-corrected chi connectivity index (χ4v) is 0. The van der Waals surface area contributed by atoms with Gasteiger partial charge in [0.05, 0.1) is 0 Å². The normalized spacial score (nSPS) is 5.43. The van der Waals surface area contributed by atoms with Gasteiger partial charge in [-0.2, -0.15) is 0 Å². The molecule has 0 atom stereocenters. The van der Waals surface area contributed by atoms with Gasteiger partial charge in [0.25, 0.3) is 0 Å². The summed E-state index contributed by atoms with van der Waals surface area (Å²) in [7, 11) is 4.69. The molecule has 0 rings (SSSR count). The molecule has 0 aromatic heterocycles. The summed E-state index contributed by atoms with van der Waals surface area (Å²) in [5.74, 6) is -0.981. The molecule has 0 fully saturated rings. The van der Waals surface area contributed by atoms with Gasteiger partial charge in [0, 0.05) is 6.08 Å². The number of halogens is 1. The first-order valence-electron chi connectivity index (χ1n) is 1.27. The van der Waals surface area contributed by atoms with Gasteiger partial charge in [-0.1, -0.05) is 6.58 Å². The molecular formula is C3H4ClO2Re. The Morgan fingerprint density at radius 1 is 1.86 bits per heavy atom. The first-order chi connectivity index (χ1) is 3.27. The van der Waals surface area contributed by atoms with Gasteiger partial charge < -0.3 is 5.11 Å². The van der Waals surface area contributed by atoms with Crippen molar-refractivity contribution in [2.75, 3.05) is 0 Å². The zero-order valence-corrected chi connectivity index (χ0v) is 6.87. The van der Waals surface area contributed by atoms with Gasteiger partial charge in [-0.05, 0) is 0 Å². The topological polar surface area (TPSA) is 37.3 Å². The van der Waals surface area contributed by atoms with Crippen molar-refractivity contribution in [3.05, 3.63) is 12.7 Å². The van der Waals surface area contributed by atoms with Crippen LogP contribution in [0.4, 0.5) is 0 Å². The molecule has 7 heavy (non-hydrogen) atoms. The predicted octanol–water partition coefficient (Wildman–Crippen LogP) is 0.944. The molecule has 0 aromatic rings. The molecule has 0 spiro atoms. The second-order valence-corrected chi connectivity index (χ2v) is 0.542. The summed E-state index contributed by atoms with van der Waals surface area (Å²) in [6.07, 6.45) is 0.833. The molecular weight excluding hydrogens is 290 g/mol. The third kappa shape index (κ3) is 22.8. The van der Waals surface area contributed by atoms with Crippen molar-refractivity contribution in [1.82, 2.24) is 0 Å². The number of aliphatic carboxylic acids is 1. The molecule has 0 bridgehead atoms. The van der Waals surface area contributed by atoms with Crippen molar-refractivity contribution in [3.8, 4) is 0 Å². The van der Waals surface area contributed by atoms with Gasteiger partial charge in [-0.3, -0.25) is 0 Å². The Hall–Kier alpha value is 0.162. The summed E-state index contributed by atoms with van der Waals surface area (Å²) in [6, 6.07) is 0. The van der Waals surface area contributed by atoms with E-state index in [1.165, 1.54) is 18.2 Å². The van der Waals surface area contributed by atoms with Crippen molar-refractivity contribution in [2.24, 2.45) is 0 Å². The van der Waals surface area contributed by atoms with Gasteiger partial charge >= 0.3 is 33.7 Å². The van der Waals surface area contributed by atoms with Crippen LogP contribution >= 0.6 is 9.53 Å². The van der Waals surface area contributed by atoms with E-state index in [1.807, 2.05) is 0 Å². The Balaban J connectivity index is 0. The molecule has 0 unspecified atom stereocenters. The number of hydrogen-bond acceptors (Lipinski definition) is 1. The van der Waals surface area contributed by atoms with E-state index in [0.717, 1.165) is 6.08 Å². The Morgan fingerprint density at radius 3 is 2.00 bits per heavy atom. The van der Waals surface area contributed by atoms with Gasteiger partial charge in [0.1, 0.15) is 0 Å². The van der Waals surface area contributed by atoms with E-state index in [4.69, 9.17) is 14.6 Å². The summed E-state index contributed by atoms with van der Waals surface area (Å²) < 4.78 is 0. The van der Waals surface area contributed by atoms with Crippen LogP contribution in [0.5, 0.6) is 0 Å². The van der Waals surface area contributed by atoms with E-state index < -0.39 is 5.97 Å². The number of carboxylic acid groups (broad SMARTS) is 1. The summed E-state index contributed by atoms with van der Waals surface area (Å²) in [5, 5.41) is 7.60. The maximum absolute atomic E-state index is 9.25. The van der Waals surface area contributed by atoms with Gasteiger partial charge in [0.2, 0.25) is 0 Å². The summed E-state index contributed by atoms with van der Waals surface area (Å²) in [6.45, 7) is 2.96. The Kier molecular flexibility index (Phi) is 13.8. The van der Waals surface area contributed by atoms with E-state index in [0.29, 0.717) is 0 Å². The van der Waals surface area contributed by atoms with Gasteiger partial charge in [0.15, 0.2) is 0 Å². The third-order valence-corrected chi connectivity index (χ3v) is 0.175. The van der Waals surface area contributed by atoms with Gasteiger partial charge in [-0.25, -0.2) is 4.79 Å². The summed E-state index contributed by atoms with van der Waals surface area (Å²) in [4.78, 5) is 9.25. The van der Waals surface area contributed by atoms with Crippen LogP contribution in [0, 0.1) is 0 Å². The van der Waals surface area contributed by atoms with E-state index >= 15 is 0 Å².